The van der Waals surface area contributed by atoms with Crippen molar-refractivity contribution in [3.63, 3.8) is 0 Å². The highest BCUT2D eigenvalue weighted by Crippen LogP contribution is 2.23. The highest BCUT2D eigenvalue weighted by Gasteiger charge is 2.24. The molecule has 1 amide bonds. The Morgan fingerprint density at radius 1 is 1.16 bits per heavy atom. The van der Waals surface area contributed by atoms with Crippen molar-refractivity contribution >= 4 is 11.7 Å². The molecule has 96 valence electrons. The highest BCUT2D eigenvalue weighted by atomic mass is 16.2. The number of amides is 1. The summed E-state index contributed by atoms with van der Waals surface area (Å²) in [5.41, 5.74) is 2.79. The molecule has 5 nitrogen and oxygen atoms in total. The number of carbonyl (C=O) groups is 1. The largest absolute Gasteiger partial charge is 0.372 e. The maximum absolute atomic E-state index is 12.3. The van der Waals surface area contributed by atoms with Crippen molar-refractivity contribution < 1.29 is 4.79 Å². The normalized spacial score (nSPS) is 13.2. The van der Waals surface area contributed by atoms with Crippen molar-refractivity contribution in [2.24, 2.45) is 0 Å². The third-order valence-corrected chi connectivity index (χ3v) is 3.26. The first-order valence-electron chi connectivity index (χ1n) is 6.14. The number of rotatable bonds is 2. The van der Waals surface area contributed by atoms with Crippen LogP contribution in [0.5, 0.6) is 0 Å². The minimum atomic E-state index is -0.0775. The van der Waals surface area contributed by atoms with Gasteiger partial charge < -0.3 is 10.2 Å². The van der Waals surface area contributed by atoms with Gasteiger partial charge in [-0.3, -0.25) is 4.79 Å². The summed E-state index contributed by atoms with van der Waals surface area (Å²) in [5.74, 6) is 0.576. The fourth-order valence-corrected chi connectivity index (χ4v) is 2.21. The third kappa shape index (κ3) is 2.14. The van der Waals surface area contributed by atoms with Crippen LogP contribution < -0.4 is 5.32 Å². The van der Waals surface area contributed by atoms with Crippen molar-refractivity contribution in [2.45, 2.75) is 13.1 Å². The van der Waals surface area contributed by atoms with E-state index in [1.165, 1.54) is 17.3 Å². The predicted molar refractivity (Wildman–Crippen MR) is 71.6 cm³/mol. The summed E-state index contributed by atoms with van der Waals surface area (Å²) in [6, 6.07) is 8.10. The highest BCUT2D eigenvalue weighted by molar-refractivity contribution is 5.92. The molecule has 0 saturated heterocycles. The molecule has 1 aromatic heterocycles. The Morgan fingerprint density at radius 2 is 1.84 bits per heavy atom. The maximum atomic E-state index is 12.3. The Morgan fingerprint density at radius 3 is 2.37 bits per heavy atom. The van der Waals surface area contributed by atoms with Crippen LogP contribution in [0.1, 0.15) is 21.6 Å². The van der Waals surface area contributed by atoms with Crippen LogP contribution in [0, 0.1) is 0 Å². The maximum Gasteiger partial charge on any atom is 0.274 e. The molecule has 0 aliphatic carbocycles. The Labute approximate surface area is 111 Å². The van der Waals surface area contributed by atoms with Crippen LogP contribution in [0.15, 0.2) is 36.7 Å². The van der Waals surface area contributed by atoms with E-state index in [2.05, 4.69) is 27.4 Å². The SMILES string of the molecule is CNc1cnc(C(=O)N2Cc3ccccc3C2)cn1. The van der Waals surface area contributed by atoms with Crippen LogP contribution in [-0.2, 0) is 13.1 Å². The molecule has 1 aromatic carbocycles. The van der Waals surface area contributed by atoms with Gasteiger partial charge in [-0.25, -0.2) is 9.97 Å². The molecule has 0 radical (unpaired) electrons. The topological polar surface area (TPSA) is 58.1 Å². The van der Waals surface area contributed by atoms with E-state index in [1.54, 1.807) is 18.1 Å². The fraction of sp³-hybridized carbons (Fsp3) is 0.214. The van der Waals surface area contributed by atoms with Crippen LogP contribution in [0.3, 0.4) is 0 Å². The average Bonchev–Trinajstić information content (AvgIpc) is 2.90. The smallest absolute Gasteiger partial charge is 0.274 e. The molecule has 0 bridgehead atoms. The molecule has 1 N–H and O–H groups in total. The van der Waals surface area contributed by atoms with E-state index in [1.807, 2.05) is 12.1 Å². The molecule has 1 aliphatic rings. The number of hydrogen-bond donors (Lipinski definition) is 1. The number of nitrogens with zero attached hydrogens (tertiary/aromatic N) is 3. The summed E-state index contributed by atoms with van der Waals surface area (Å²) in [6.45, 7) is 1.29. The second kappa shape index (κ2) is 4.68. The summed E-state index contributed by atoms with van der Waals surface area (Å²) in [6.07, 6.45) is 3.08. The van der Waals surface area contributed by atoms with Gasteiger partial charge in [-0.15, -0.1) is 0 Å². The number of aromatic nitrogens is 2. The third-order valence-electron chi connectivity index (χ3n) is 3.26. The number of benzene rings is 1. The molecule has 0 atom stereocenters. The van der Waals surface area contributed by atoms with Crippen LogP contribution >= 0.6 is 0 Å². The van der Waals surface area contributed by atoms with Gasteiger partial charge in [-0.1, -0.05) is 24.3 Å². The minimum absolute atomic E-state index is 0.0775. The number of anilines is 1. The number of nitrogens with one attached hydrogen (secondary N) is 1. The molecule has 0 spiro atoms. The summed E-state index contributed by atoms with van der Waals surface area (Å²) in [5, 5.41) is 2.88. The van der Waals surface area contributed by atoms with Gasteiger partial charge in [0.05, 0.1) is 12.4 Å². The van der Waals surface area contributed by atoms with Crippen molar-refractivity contribution in [1.82, 2.24) is 14.9 Å². The zero-order valence-electron chi connectivity index (χ0n) is 10.6. The molecule has 0 fully saturated rings. The van der Waals surface area contributed by atoms with Gasteiger partial charge in [-0.05, 0) is 11.1 Å². The molecular weight excluding hydrogens is 240 g/mol. The second-order valence-electron chi connectivity index (χ2n) is 4.47. The zero-order valence-corrected chi connectivity index (χ0v) is 10.6. The molecule has 19 heavy (non-hydrogen) atoms. The average molecular weight is 254 g/mol. The monoisotopic (exact) mass is 254 g/mol. The minimum Gasteiger partial charge on any atom is -0.372 e. The summed E-state index contributed by atoms with van der Waals surface area (Å²) >= 11 is 0. The van der Waals surface area contributed by atoms with Gasteiger partial charge in [0.25, 0.3) is 5.91 Å². The van der Waals surface area contributed by atoms with Gasteiger partial charge in [0, 0.05) is 20.1 Å². The van der Waals surface area contributed by atoms with Crippen LogP contribution in [0.4, 0.5) is 5.82 Å². The first-order chi connectivity index (χ1) is 9.28. The van der Waals surface area contributed by atoms with E-state index >= 15 is 0 Å². The lowest BCUT2D eigenvalue weighted by molar-refractivity contribution is 0.0745. The van der Waals surface area contributed by atoms with E-state index in [9.17, 15) is 4.79 Å². The van der Waals surface area contributed by atoms with Gasteiger partial charge in [0.1, 0.15) is 11.5 Å². The summed E-state index contributed by atoms with van der Waals surface area (Å²) in [7, 11) is 1.77. The Bertz CT molecular complexity index is 584. The number of fused-ring (bicyclic) bond motifs is 1. The Kier molecular flexibility index (Phi) is 2.87. The summed E-state index contributed by atoms with van der Waals surface area (Å²) < 4.78 is 0. The van der Waals surface area contributed by atoms with E-state index in [0.717, 1.165) is 0 Å². The van der Waals surface area contributed by atoms with Gasteiger partial charge in [0.15, 0.2) is 0 Å². The lowest BCUT2D eigenvalue weighted by atomic mass is 10.1. The van der Waals surface area contributed by atoms with Gasteiger partial charge in [0.2, 0.25) is 0 Å². The standard InChI is InChI=1S/C14H14N4O/c1-15-13-7-16-12(6-17-13)14(19)18-8-10-4-2-3-5-11(10)9-18/h2-7H,8-9H2,1H3,(H,15,17). The zero-order chi connectivity index (χ0) is 13.2. The lowest BCUT2D eigenvalue weighted by Gasteiger charge is -2.14. The van der Waals surface area contributed by atoms with E-state index < -0.39 is 0 Å². The fourth-order valence-electron chi connectivity index (χ4n) is 2.21. The van der Waals surface area contributed by atoms with Gasteiger partial charge >= 0.3 is 0 Å². The van der Waals surface area contributed by atoms with Crippen molar-refractivity contribution in [2.75, 3.05) is 12.4 Å². The Hall–Kier alpha value is -2.43. The number of hydrogen-bond acceptors (Lipinski definition) is 4. The first kappa shape index (κ1) is 11.6. The second-order valence-corrected chi connectivity index (χ2v) is 4.47. The van der Waals surface area contributed by atoms with Crippen LogP contribution in [0.2, 0.25) is 0 Å². The van der Waals surface area contributed by atoms with Crippen molar-refractivity contribution in [1.29, 1.82) is 0 Å². The molecule has 0 saturated carbocycles. The summed E-state index contributed by atoms with van der Waals surface area (Å²) in [4.78, 5) is 22.4. The molecule has 5 heteroatoms. The molecule has 2 aromatic rings. The van der Waals surface area contributed by atoms with Crippen molar-refractivity contribution in [3.05, 3.63) is 53.5 Å². The molecule has 2 heterocycles. The van der Waals surface area contributed by atoms with E-state index in [0.29, 0.717) is 24.6 Å². The van der Waals surface area contributed by atoms with E-state index in [-0.39, 0.29) is 5.91 Å². The number of carbonyl (C=O) groups excluding carboxylic acids is 1. The van der Waals surface area contributed by atoms with Gasteiger partial charge in [-0.2, -0.15) is 0 Å². The van der Waals surface area contributed by atoms with E-state index in [4.69, 9.17) is 0 Å². The molecular formula is C14H14N4O. The predicted octanol–water partition coefficient (Wildman–Crippen LogP) is 1.67. The quantitative estimate of drug-likeness (QED) is 0.885. The molecule has 1 aliphatic heterocycles. The first-order valence-corrected chi connectivity index (χ1v) is 6.14. The molecule has 0 unspecified atom stereocenters. The van der Waals surface area contributed by atoms with Crippen LogP contribution in [-0.4, -0.2) is 27.8 Å². The Balaban J connectivity index is 1.79. The molecule has 3 rings (SSSR count). The van der Waals surface area contributed by atoms with Crippen molar-refractivity contribution in [3.8, 4) is 0 Å². The van der Waals surface area contributed by atoms with Crippen LogP contribution in [0.25, 0.3) is 0 Å². The lowest BCUT2D eigenvalue weighted by Crippen LogP contribution is -2.26.